The molecule has 0 spiro atoms. The van der Waals surface area contributed by atoms with E-state index >= 15 is 0 Å². The van der Waals surface area contributed by atoms with Gasteiger partial charge in [0.25, 0.3) is 0 Å². The summed E-state index contributed by atoms with van der Waals surface area (Å²) in [6.07, 6.45) is 20.4. The number of unbranched alkanes of at least 4 members (excludes halogenated alkanes) is 1. The third-order valence-electron chi connectivity index (χ3n) is 10.1. The second kappa shape index (κ2) is 25.6. The normalized spacial score (nSPS) is 16.6. The Labute approximate surface area is 272 Å². The molecule has 0 aromatic rings. The fraction of sp³-hybridized carbons (Fsp3) is 0.975. The van der Waals surface area contributed by atoms with Crippen molar-refractivity contribution in [1.82, 2.24) is 4.90 Å². The molecular formula is C40H81NO2. The maximum absolute atomic E-state index is 13.2. The molecule has 258 valence electrons. The van der Waals surface area contributed by atoms with Gasteiger partial charge in [0.1, 0.15) is 6.10 Å². The summed E-state index contributed by atoms with van der Waals surface area (Å²) in [7, 11) is 4.21. The van der Waals surface area contributed by atoms with Crippen LogP contribution in [0.2, 0.25) is 0 Å². The summed E-state index contributed by atoms with van der Waals surface area (Å²) in [6.45, 7) is 24.9. The lowest BCUT2D eigenvalue weighted by Gasteiger charge is -2.31. The predicted molar refractivity (Wildman–Crippen MR) is 192 cm³/mol. The number of hydrogen-bond acceptors (Lipinski definition) is 3. The highest BCUT2D eigenvalue weighted by atomic mass is 16.5. The molecule has 0 amide bonds. The SMILES string of the molecule is CC(C)CCCC(C)CCC(CCC(C)C(C)CCC(C)C)C(CCC(C)CCCC(C)C)OC(=O)CCCCN(C)C. The average molecular weight is 608 g/mol. The molecule has 0 saturated heterocycles. The zero-order chi connectivity index (χ0) is 32.8. The molecule has 0 rings (SSSR count). The Kier molecular flexibility index (Phi) is 25.3. The van der Waals surface area contributed by atoms with Gasteiger partial charge in [-0.3, -0.25) is 4.79 Å². The molecule has 6 unspecified atom stereocenters. The van der Waals surface area contributed by atoms with Gasteiger partial charge in [-0.05, 0) is 107 Å². The summed E-state index contributed by atoms with van der Waals surface area (Å²) in [5, 5.41) is 0. The van der Waals surface area contributed by atoms with E-state index in [1.807, 2.05) is 0 Å². The first-order chi connectivity index (χ1) is 20.2. The van der Waals surface area contributed by atoms with E-state index in [4.69, 9.17) is 4.74 Å². The van der Waals surface area contributed by atoms with Crippen LogP contribution in [0.5, 0.6) is 0 Å². The minimum absolute atomic E-state index is 0.0459. The molecule has 6 atom stereocenters. The van der Waals surface area contributed by atoms with E-state index in [0.717, 1.165) is 61.3 Å². The molecule has 3 heteroatoms. The zero-order valence-electron chi connectivity index (χ0n) is 31.7. The van der Waals surface area contributed by atoms with Crippen molar-refractivity contribution in [3.05, 3.63) is 0 Å². The van der Waals surface area contributed by atoms with E-state index < -0.39 is 0 Å². The summed E-state index contributed by atoms with van der Waals surface area (Å²) < 4.78 is 6.48. The van der Waals surface area contributed by atoms with E-state index in [2.05, 4.69) is 88.2 Å². The molecule has 0 bridgehead atoms. The first-order valence-electron chi connectivity index (χ1n) is 19.0. The van der Waals surface area contributed by atoms with Crippen LogP contribution < -0.4 is 0 Å². The van der Waals surface area contributed by atoms with Crippen molar-refractivity contribution in [1.29, 1.82) is 0 Å². The van der Waals surface area contributed by atoms with Crippen molar-refractivity contribution in [2.45, 2.75) is 184 Å². The number of rotatable bonds is 28. The molecule has 3 nitrogen and oxygen atoms in total. The van der Waals surface area contributed by atoms with E-state index in [-0.39, 0.29) is 12.1 Å². The maximum atomic E-state index is 13.2. The van der Waals surface area contributed by atoms with Crippen LogP contribution in [0.4, 0.5) is 0 Å². The molecule has 0 aromatic carbocycles. The Morgan fingerprint density at radius 3 is 1.47 bits per heavy atom. The predicted octanol–water partition coefficient (Wildman–Crippen LogP) is 12.2. The van der Waals surface area contributed by atoms with E-state index in [0.29, 0.717) is 18.3 Å². The van der Waals surface area contributed by atoms with Gasteiger partial charge in [0, 0.05) is 6.42 Å². The van der Waals surface area contributed by atoms with Gasteiger partial charge in [-0.1, -0.05) is 133 Å². The van der Waals surface area contributed by atoms with Gasteiger partial charge in [0.05, 0.1) is 0 Å². The highest BCUT2D eigenvalue weighted by molar-refractivity contribution is 5.69. The molecule has 0 saturated carbocycles. The molecule has 0 N–H and O–H groups in total. The van der Waals surface area contributed by atoms with Crippen LogP contribution in [0, 0.1) is 47.3 Å². The summed E-state index contributed by atoms with van der Waals surface area (Å²) in [5.41, 5.74) is 0. The molecule has 0 aliphatic heterocycles. The third-order valence-corrected chi connectivity index (χ3v) is 10.1. The van der Waals surface area contributed by atoms with Gasteiger partial charge in [-0.25, -0.2) is 0 Å². The Balaban J connectivity index is 5.55. The number of carbonyl (C=O) groups excluding carboxylic acids is 1. The molecule has 0 heterocycles. The molecule has 0 aliphatic carbocycles. The largest absolute Gasteiger partial charge is 0.462 e. The van der Waals surface area contributed by atoms with E-state index in [9.17, 15) is 4.79 Å². The monoisotopic (exact) mass is 608 g/mol. The lowest BCUT2D eigenvalue weighted by atomic mass is 9.80. The van der Waals surface area contributed by atoms with Crippen LogP contribution in [0.25, 0.3) is 0 Å². The number of ether oxygens (including phenoxy) is 1. The van der Waals surface area contributed by atoms with Crippen molar-refractivity contribution in [2.75, 3.05) is 20.6 Å². The van der Waals surface area contributed by atoms with Crippen LogP contribution in [0.1, 0.15) is 178 Å². The number of esters is 1. The Morgan fingerprint density at radius 1 is 0.512 bits per heavy atom. The van der Waals surface area contributed by atoms with Crippen LogP contribution in [0.3, 0.4) is 0 Å². The van der Waals surface area contributed by atoms with Crippen molar-refractivity contribution < 1.29 is 9.53 Å². The van der Waals surface area contributed by atoms with Crippen molar-refractivity contribution in [3.8, 4) is 0 Å². The Bertz CT molecular complexity index is 642. The highest BCUT2D eigenvalue weighted by Gasteiger charge is 2.27. The van der Waals surface area contributed by atoms with Gasteiger partial charge >= 0.3 is 5.97 Å². The smallest absolute Gasteiger partial charge is 0.306 e. The van der Waals surface area contributed by atoms with Crippen LogP contribution in [0.15, 0.2) is 0 Å². The lowest BCUT2D eigenvalue weighted by Crippen LogP contribution is -2.29. The number of hydrogen-bond donors (Lipinski definition) is 0. The average Bonchev–Trinajstić information content (AvgIpc) is 2.91. The molecule has 43 heavy (non-hydrogen) atoms. The fourth-order valence-electron chi connectivity index (χ4n) is 6.46. The lowest BCUT2D eigenvalue weighted by molar-refractivity contribution is -0.153. The fourth-order valence-corrected chi connectivity index (χ4v) is 6.46. The molecule has 0 aliphatic rings. The van der Waals surface area contributed by atoms with Crippen molar-refractivity contribution in [3.63, 3.8) is 0 Å². The maximum Gasteiger partial charge on any atom is 0.306 e. The first kappa shape index (κ1) is 42.4. The van der Waals surface area contributed by atoms with Gasteiger partial charge in [-0.15, -0.1) is 0 Å². The van der Waals surface area contributed by atoms with Crippen LogP contribution >= 0.6 is 0 Å². The van der Waals surface area contributed by atoms with Gasteiger partial charge in [0.15, 0.2) is 0 Å². The number of nitrogens with zero attached hydrogens (tertiary/aromatic N) is 1. The second-order valence-electron chi connectivity index (χ2n) is 16.6. The second-order valence-corrected chi connectivity index (χ2v) is 16.6. The summed E-state index contributed by atoms with van der Waals surface area (Å²) in [5.74, 6) is 5.83. The Morgan fingerprint density at radius 2 is 0.977 bits per heavy atom. The number of carbonyl (C=O) groups is 1. The summed E-state index contributed by atoms with van der Waals surface area (Å²) in [6, 6.07) is 0. The zero-order valence-corrected chi connectivity index (χ0v) is 31.7. The minimum Gasteiger partial charge on any atom is -0.462 e. The minimum atomic E-state index is 0.0459. The van der Waals surface area contributed by atoms with Crippen LogP contribution in [-0.4, -0.2) is 37.6 Å². The topological polar surface area (TPSA) is 29.5 Å². The third kappa shape index (κ3) is 25.3. The standard InChI is InChI=1S/C40H81NO2/c1-31(2)17-15-19-34(7)23-27-38(28-26-37(10)36(9)25-22-33(5)6)39(29-24-35(8)20-16-18-32(3)4)43-40(42)21-13-14-30-41(11)12/h31-39H,13-30H2,1-12H3. The quantitative estimate of drug-likeness (QED) is 0.0654. The van der Waals surface area contributed by atoms with E-state index in [1.165, 1.54) is 83.5 Å². The molecule has 0 aromatic heterocycles. The van der Waals surface area contributed by atoms with Crippen molar-refractivity contribution >= 4 is 5.97 Å². The first-order valence-corrected chi connectivity index (χ1v) is 19.0. The Hall–Kier alpha value is -0.570. The highest BCUT2D eigenvalue weighted by Crippen LogP contribution is 2.33. The van der Waals surface area contributed by atoms with Gasteiger partial charge < -0.3 is 9.64 Å². The van der Waals surface area contributed by atoms with E-state index in [1.54, 1.807) is 0 Å². The van der Waals surface area contributed by atoms with Gasteiger partial charge in [-0.2, -0.15) is 0 Å². The molecular weight excluding hydrogens is 526 g/mol. The summed E-state index contributed by atoms with van der Waals surface area (Å²) in [4.78, 5) is 15.4. The molecule has 0 radical (unpaired) electrons. The summed E-state index contributed by atoms with van der Waals surface area (Å²) >= 11 is 0. The van der Waals surface area contributed by atoms with Crippen molar-refractivity contribution in [2.24, 2.45) is 47.3 Å². The van der Waals surface area contributed by atoms with Gasteiger partial charge in [0.2, 0.25) is 0 Å². The molecule has 0 fully saturated rings. The van der Waals surface area contributed by atoms with Crippen LogP contribution in [-0.2, 0) is 9.53 Å².